The fourth-order valence-corrected chi connectivity index (χ4v) is 2.17. The van der Waals surface area contributed by atoms with Crippen LogP contribution in [0.1, 0.15) is 32.6 Å². The Balaban J connectivity index is 2.21. The van der Waals surface area contributed by atoms with Crippen LogP contribution in [0.15, 0.2) is 22.8 Å². The van der Waals surface area contributed by atoms with Gasteiger partial charge in [-0.05, 0) is 32.9 Å². The summed E-state index contributed by atoms with van der Waals surface area (Å²) in [5.41, 5.74) is -0.740. The van der Waals surface area contributed by atoms with Crippen molar-refractivity contribution in [1.82, 2.24) is 4.90 Å². The molecule has 0 saturated carbocycles. The predicted molar refractivity (Wildman–Crippen MR) is 77.6 cm³/mol. The average Bonchev–Trinajstić information content (AvgIpc) is 3.04. The lowest BCUT2D eigenvalue weighted by molar-refractivity contribution is -0.0621. The van der Waals surface area contributed by atoms with Gasteiger partial charge in [0.25, 0.3) is 0 Å². The minimum Gasteiger partial charge on any atom is -0.467 e. The Hall–Kier alpha value is -2.06. The summed E-state index contributed by atoms with van der Waals surface area (Å²) in [7, 11) is 1.48. The van der Waals surface area contributed by atoms with E-state index in [1.165, 1.54) is 13.4 Å². The summed E-state index contributed by atoms with van der Waals surface area (Å²) < 4.78 is 25.9. The van der Waals surface area contributed by atoms with Gasteiger partial charge in [-0.25, -0.2) is 9.59 Å². The standard InChI is InChI=1S/C15H21NO7/c1-15(2,3)23-14(18)16-12(10-6-5-7-21-10)11(22-13(16)17)8-20-9-19-4/h5-7,11-12H,8-9H2,1-4H3/t11-,12-/m1/s1. The first-order valence-corrected chi connectivity index (χ1v) is 7.16. The molecule has 1 fully saturated rings. The molecular formula is C15H21NO7. The van der Waals surface area contributed by atoms with Crippen molar-refractivity contribution >= 4 is 12.2 Å². The molecule has 1 aromatic heterocycles. The van der Waals surface area contributed by atoms with Crippen molar-refractivity contribution in [2.24, 2.45) is 0 Å². The topological polar surface area (TPSA) is 87.4 Å². The minimum atomic E-state index is -0.799. The Kier molecular flexibility index (Phi) is 5.27. The van der Waals surface area contributed by atoms with Gasteiger partial charge in [0.05, 0.1) is 12.9 Å². The summed E-state index contributed by atoms with van der Waals surface area (Å²) in [5.74, 6) is 0.410. The highest BCUT2D eigenvalue weighted by atomic mass is 16.7. The summed E-state index contributed by atoms with van der Waals surface area (Å²) in [4.78, 5) is 25.4. The van der Waals surface area contributed by atoms with E-state index < -0.39 is 29.9 Å². The number of carbonyl (C=O) groups excluding carboxylic acids is 2. The molecule has 1 aliphatic heterocycles. The average molecular weight is 327 g/mol. The summed E-state index contributed by atoms with van der Waals surface area (Å²) in [6.07, 6.45) is -0.848. The quantitative estimate of drug-likeness (QED) is 0.607. The first kappa shape index (κ1) is 17.3. The molecule has 2 rings (SSSR count). The molecular weight excluding hydrogens is 306 g/mol. The van der Waals surface area contributed by atoms with Crippen molar-refractivity contribution in [3.05, 3.63) is 24.2 Å². The summed E-state index contributed by atoms with van der Waals surface area (Å²) in [6, 6.07) is 2.57. The number of amides is 2. The Morgan fingerprint density at radius 1 is 1.39 bits per heavy atom. The van der Waals surface area contributed by atoms with E-state index in [9.17, 15) is 9.59 Å². The van der Waals surface area contributed by atoms with E-state index in [4.69, 9.17) is 23.4 Å². The smallest absolute Gasteiger partial charge is 0.420 e. The molecule has 1 aromatic rings. The van der Waals surface area contributed by atoms with Crippen molar-refractivity contribution in [3.8, 4) is 0 Å². The van der Waals surface area contributed by atoms with Gasteiger partial charge in [0.2, 0.25) is 0 Å². The first-order valence-electron chi connectivity index (χ1n) is 7.16. The number of ether oxygens (including phenoxy) is 4. The van der Waals surface area contributed by atoms with E-state index in [2.05, 4.69) is 0 Å². The third kappa shape index (κ3) is 4.23. The van der Waals surface area contributed by atoms with Crippen LogP contribution in [0, 0.1) is 0 Å². The van der Waals surface area contributed by atoms with Crippen LogP contribution >= 0.6 is 0 Å². The van der Waals surface area contributed by atoms with Crippen molar-refractivity contribution in [2.75, 3.05) is 20.5 Å². The summed E-state index contributed by atoms with van der Waals surface area (Å²) in [6.45, 7) is 5.25. The lowest BCUT2D eigenvalue weighted by Crippen LogP contribution is -2.40. The molecule has 8 heteroatoms. The number of cyclic esters (lactones) is 1. The largest absolute Gasteiger partial charge is 0.467 e. The lowest BCUT2D eigenvalue weighted by atomic mass is 10.1. The van der Waals surface area contributed by atoms with Crippen molar-refractivity contribution in [3.63, 3.8) is 0 Å². The molecule has 0 bridgehead atoms. The van der Waals surface area contributed by atoms with E-state index in [0.29, 0.717) is 5.76 Å². The monoisotopic (exact) mass is 327 g/mol. The number of furan rings is 1. The zero-order valence-electron chi connectivity index (χ0n) is 13.6. The van der Waals surface area contributed by atoms with Gasteiger partial charge >= 0.3 is 12.2 Å². The summed E-state index contributed by atoms with van der Waals surface area (Å²) in [5, 5.41) is 0. The number of carbonyl (C=O) groups is 2. The van der Waals surface area contributed by atoms with Crippen LogP contribution in [-0.4, -0.2) is 49.3 Å². The van der Waals surface area contributed by atoms with Crippen LogP contribution in [0.25, 0.3) is 0 Å². The maximum absolute atomic E-state index is 12.3. The molecule has 0 radical (unpaired) electrons. The third-order valence-corrected chi connectivity index (χ3v) is 2.99. The van der Waals surface area contributed by atoms with Gasteiger partial charge in [-0.2, -0.15) is 4.90 Å². The zero-order chi connectivity index (χ0) is 17.0. The van der Waals surface area contributed by atoms with E-state index in [1.807, 2.05) is 0 Å². The Bertz CT molecular complexity index is 535. The van der Waals surface area contributed by atoms with Crippen LogP contribution in [0.3, 0.4) is 0 Å². The minimum absolute atomic E-state index is 0.0470. The predicted octanol–water partition coefficient (Wildman–Crippen LogP) is 2.70. The summed E-state index contributed by atoms with van der Waals surface area (Å²) >= 11 is 0. The van der Waals surface area contributed by atoms with Crippen molar-refractivity contribution < 1.29 is 33.0 Å². The second-order valence-corrected chi connectivity index (χ2v) is 6.01. The highest BCUT2D eigenvalue weighted by Crippen LogP contribution is 2.35. The molecule has 0 N–H and O–H groups in total. The van der Waals surface area contributed by atoms with Gasteiger partial charge < -0.3 is 23.4 Å². The van der Waals surface area contributed by atoms with Gasteiger partial charge in [0.15, 0.2) is 6.10 Å². The highest BCUT2D eigenvalue weighted by Gasteiger charge is 2.49. The molecule has 1 aliphatic rings. The Labute approximate surface area is 134 Å². The molecule has 8 nitrogen and oxygen atoms in total. The molecule has 0 unspecified atom stereocenters. The first-order chi connectivity index (χ1) is 10.8. The second-order valence-electron chi connectivity index (χ2n) is 6.01. The lowest BCUT2D eigenvalue weighted by Gasteiger charge is -2.25. The number of hydrogen-bond acceptors (Lipinski definition) is 7. The van der Waals surface area contributed by atoms with E-state index in [0.717, 1.165) is 4.90 Å². The van der Waals surface area contributed by atoms with E-state index >= 15 is 0 Å². The third-order valence-electron chi connectivity index (χ3n) is 2.99. The second kappa shape index (κ2) is 7.01. The normalized spacial score (nSPS) is 21.4. The maximum Gasteiger partial charge on any atom is 0.420 e. The van der Waals surface area contributed by atoms with Crippen molar-refractivity contribution in [2.45, 2.75) is 38.5 Å². The zero-order valence-corrected chi connectivity index (χ0v) is 13.6. The molecule has 2 heterocycles. The van der Waals surface area contributed by atoms with Gasteiger partial charge in [0.1, 0.15) is 24.2 Å². The Morgan fingerprint density at radius 2 is 2.13 bits per heavy atom. The van der Waals surface area contributed by atoms with Crippen LogP contribution in [0.2, 0.25) is 0 Å². The van der Waals surface area contributed by atoms with Crippen LogP contribution < -0.4 is 0 Å². The van der Waals surface area contributed by atoms with Gasteiger partial charge in [0, 0.05) is 7.11 Å². The molecule has 1 saturated heterocycles. The van der Waals surface area contributed by atoms with Gasteiger partial charge in [-0.15, -0.1) is 0 Å². The number of rotatable bonds is 5. The molecule has 128 valence electrons. The van der Waals surface area contributed by atoms with Crippen LogP contribution in [-0.2, 0) is 18.9 Å². The molecule has 2 atom stereocenters. The number of imide groups is 1. The van der Waals surface area contributed by atoms with Crippen molar-refractivity contribution in [1.29, 1.82) is 0 Å². The number of hydrogen-bond donors (Lipinski definition) is 0. The van der Waals surface area contributed by atoms with Gasteiger partial charge in [-0.1, -0.05) is 0 Å². The SMILES string of the molecule is COCOC[C@H]1OC(=O)N(C(=O)OC(C)(C)C)[C@@H]1c1ccco1. The van der Waals surface area contributed by atoms with E-state index in [1.54, 1.807) is 32.9 Å². The molecule has 2 amide bonds. The highest BCUT2D eigenvalue weighted by molar-refractivity contribution is 5.90. The fourth-order valence-electron chi connectivity index (χ4n) is 2.17. The fraction of sp³-hybridized carbons (Fsp3) is 0.600. The van der Waals surface area contributed by atoms with E-state index in [-0.39, 0.29) is 13.4 Å². The molecule has 0 spiro atoms. The van der Waals surface area contributed by atoms with Crippen LogP contribution in [0.5, 0.6) is 0 Å². The van der Waals surface area contributed by atoms with Gasteiger partial charge in [-0.3, -0.25) is 0 Å². The Morgan fingerprint density at radius 3 is 2.70 bits per heavy atom. The van der Waals surface area contributed by atoms with Crippen LogP contribution in [0.4, 0.5) is 9.59 Å². The molecule has 0 aliphatic carbocycles. The maximum atomic E-state index is 12.3. The number of nitrogens with zero attached hydrogens (tertiary/aromatic N) is 1. The molecule has 23 heavy (non-hydrogen) atoms. The number of methoxy groups -OCH3 is 1. The molecule has 0 aromatic carbocycles.